The van der Waals surface area contributed by atoms with E-state index in [9.17, 15) is 14.0 Å². The average Bonchev–Trinajstić information content (AvgIpc) is 3.59. The largest absolute Gasteiger partial charge is 0.343 e. The SMILES string of the molecule is Cc1c(Br)ccc(C(=O)N2CCC[C@@H]2c2nc(C(=O)NCc3nc4ccccc4[nH]3)cs2)c1F. The highest BCUT2D eigenvalue weighted by Gasteiger charge is 2.34. The van der Waals surface area contributed by atoms with Gasteiger partial charge in [0.1, 0.15) is 22.3 Å². The number of H-pyrrole nitrogens is 1. The molecule has 1 fully saturated rings. The molecule has 0 unspecified atom stereocenters. The van der Waals surface area contributed by atoms with Crippen LogP contribution in [0, 0.1) is 12.7 Å². The molecule has 2 aromatic heterocycles. The lowest BCUT2D eigenvalue weighted by molar-refractivity contribution is 0.0730. The van der Waals surface area contributed by atoms with Crippen molar-refractivity contribution in [3.8, 4) is 0 Å². The standard InChI is InChI=1S/C24H21BrFN5O2S/c1-13-15(25)9-8-14(21(13)26)24(33)31-10-4-7-19(31)23-30-18(12-34-23)22(32)27-11-20-28-16-5-2-3-6-17(16)29-20/h2-3,5-6,8-9,12,19H,4,7,10-11H2,1H3,(H,27,32)(H,28,29)/t19-/m1/s1. The van der Waals surface area contributed by atoms with Crippen molar-refractivity contribution in [3.63, 3.8) is 0 Å². The van der Waals surface area contributed by atoms with Crippen LogP contribution in [0.5, 0.6) is 0 Å². The summed E-state index contributed by atoms with van der Waals surface area (Å²) in [5.41, 5.74) is 2.49. The van der Waals surface area contributed by atoms with Crippen LogP contribution in [-0.2, 0) is 6.54 Å². The number of rotatable bonds is 5. The number of carbonyl (C=O) groups excluding carboxylic acids is 2. The van der Waals surface area contributed by atoms with Gasteiger partial charge in [-0.15, -0.1) is 11.3 Å². The van der Waals surface area contributed by atoms with E-state index in [1.54, 1.807) is 23.3 Å². The molecule has 3 heterocycles. The first-order valence-corrected chi connectivity index (χ1v) is 12.5. The average molecular weight is 542 g/mol. The van der Waals surface area contributed by atoms with Crippen LogP contribution >= 0.6 is 27.3 Å². The molecule has 5 rings (SSSR count). The Kier molecular flexibility index (Phi) is 6.18. The highest BCUT2D eigenvalue weighted by molar-refractivity contribution is 9.10. The molecular formula is C24H21BrFN5O2S. The fourth-order valence-corrected chi connectivity index (χ4v) is 5.39. The Morgan fingerprint density at radius 1 is 1.26 bits per heavy atom. The maximum absolute atomic E-state index is 14.7. The molecule has 174 valence electrons. The van der Waals surface area contributed by atoms with Gasteiger partial charge in [0.25, 0.3) is 11.8 Å². The lowest BCUT2D eigenvalue weighted by Gasteiger charge is -2.23. The first kappa shape index (κ1) is 22.7. The number of likely N-dealkylation sites (tertiary alicyclic amines) is 1. The van der Waals surface area contributed by atoms with Crippen LogP contribution in [0.2, 0.25) is 0 Å². The summed E-state index contributed by atoms with van der Waals surface area (Å²) in [6.45, 7) is 2.40. The minimum absolute atomic E-state index is 0.0490. The summed E-state index contributed by atoms with van der Waals surface area (Å²) in [7, 11) is 0. The molecule has 2 amide bonds. The summed E-state index contributed by atoms with van der Waals surface area (Å²) in [6, 6.07) is 10.6. The monoisotopic (exact) mass is 541 g/mol. The molecule has 34 heavy (non-hydrogen) atoms. The van der Waals surface area contributed by atoms with E-state index < -0.39 is 5.82 Å². The number of aromatic amines is 1. The smallest absolute Gasteiger partial charge is 0.271 e. The number of halogens is 2. The lowest BCUT2D eigenvalue weighted by atomic mass is 10.1. The molecule has 0 spiro atoms. The Morgan fingerprint density at radius 2 is 2.09 bits per heavy atom. The normalized spacial score (nSPS) is 15.7. The van der Waals surface area contributed by atoms with Crippen LogP contribution in [0.1, 0.15) is 56.1 Å². The van der Waals surface area contributed by atoms with E-state index in [1.165, 1.54) is 17.4 Å². The Balaban J connectivity index is 1.29. The Morgan fingerprint density at radius 3 is 2.91 bits per heavy atom. The first-order chi connectivity index (χ1) is 16.4. The summed E-state index contributed by atoms with van der Waals surface area (Å²) >= 11 is 4.63. The molecular weight excluding hydrogens is 521 g/mol. The molecule has 1 saturated heterocycles. The molecule has 4 aromatic rings. The van der Waals surface area contributed by atoms with Gasteiger partial charge in [0, 0.05) is 16.4 Å². The van der Waals surface area contributed by atoms with Crippen molar-refractivity contribution in [2.75, 3.05) is 6.54 Å². The summed E-state index contributed by atoms with van der Waals surface area (Å²) in [6.07, 6.45) is 1.51. The number of fused-ring (bicyclic) bond motifs is 1. The first-order valence-electron chi connectivity index (χ1n) is 10.8. The molecule has 1 aliphatic heterocycles. The zero-order valence-corrected chi connectivity index (χ0v) is 20.7. The molecule has 0 bridgehead atoms. The molecule has 7 nitrogen and oxygen atoms in total. The van der Waals surface area contributed by atoms with Crippen molar-refractivity contribution in [2.24, 2.45) is 0 Å². The highest BCUT2D eigenvalue weighted by Crippen LogP contribution is 2.35. The molecule has 2 N–H and O–H groups in total. The van der Waals surface area contributed by atoms with Gasteiger partial charge in [-0.2, -0.15) is 0 Å². The topological polar surface area (TPSA) is 91.0 Å². The van der Waals surface area contributed by atoms with Crippen molar-refractivity contribution in [1.29, 1.82) is 0 Å². The van der Waals surface area contributed by atoms with Gasteiger partial charge in [-0.1, -0.05) is 28.1 Å². The molecule has 10 heteroatoms. The van der Waals surface area contributed by atoms with Crippen LogP contribution in [-0.4, -0.2) is 38.2 Å². The lowest BCUT2D eigenvalue weighted by Crippen LogP contribution is -2.31. The van der Waals surface area contributed by atoms with Gasteiger partial charge in [-0.3, -0.25) is 9.59 Å². The second kappa shape index (κ2) is 9.27. The fraction of sp³-hybridized carbons (Fsp3) is 0.250. The van der Waals surface area contributed by atoms with Crippen molar-refractivity contribution in [1.82, 2.24) is 25.2 Å². The van der Waals surface area contributed by atoms with Crippen molar-refractivity contribution in [2.45, 2.75) is 32.4 Å². The number of amides is 2. The third-order valence-corrected chi connectivity index (χ3v) is 7.76. The van der Waals surface area contributed by atoms with Gasteiger partial charge in [0.15, 0.2) is 0 Å². The van der Waals surface area contributed by atoms with Gasteiger partial charge in [-0.05, 0) is 49.6 Å². The molecule has 1 aliphatic rings. The van der Waals surface area contributed by atoms with Crippen molar-refractivity contribution in [3.05, 3.63) is 79.7 Å². The van der Waals surface area contributed by atoms with E-state index in [0.29, 0.717) is 33.1 Å². The summed E-state index contributed by atoms with van der Waals surface area (Å²) in [5, 5.41) is 5.20. The Labute approximate surface area is 207 Å². The van der Waals surface area contributed by atoms with E-state index in [-0.39, 0.29) is 30.0 Å². The number of nitrogens with one attached hydrogen (secondary N) is 2. The van der Waals surface area contributed by atoms with E-state index in [2.05, 4.69) is 36.2 Å². The number of benzene rings is 2. The third-order valence-electron chi connectivity index (χ3n) is 5.96. The van der Waals surface area contributed by atoms with Gasteiger partial charge >= 0.3 is 0 Å². The van der Waals surface area contributed by atoms with E-state index in [0.717, 1.165) is 23.9 Å². The summed E-state index contributed by atoms with van der Waals surface area (Å²) in [4.78, 5) is 39.6. The summed E-state index contributed by atoms with van der Waals surface area (Å²) < 4.78 is 15.4. The highest BCUT2D eigenvalue weighted by atomic mass is 79.9. The van der Waals surface area contributed by atoms with E-state index in [1.807, 2.05) is 24.3 Å². The van der Waals surface area contributed by atoms with Crippen LogP contribution in [0.15, 0.2) is 46.3 Å². The molecule has 0 aliphatic carbocycles. The van der Waals surface area contributed by atoms with E-state index in [4.69, 9.17) is 0 Å². The van der Waals surface area contributed by atoms with Gasteiger partial charge < -0.3 is 15.2 Å². The predicted molar refractivity (Wildman–Crippen MR) is 131 cm³/mol. The minimum Gasteiger partial charge on any atom is -0.343 e. The van der Waals surface area contributed by atoms with Crippen LogP contribution in [0.4, 0.5) is 4.39 Å². The zero-order chi connectivity index (χ0) is 23.8. The number of para-hydroxylation sites is 2. The third kappa shape index (κ3) is 4.23. The summed E-state index contributed by atoms with van der Waals surface area (Å²) in [5.74, 6) is -0.533. The van der Waals surface area contributed by atoms with Gasteiger partial charge in [-0.25, -0.2) is 14.4 Å². The maximum Gasteiger partial charge on any atom is 0.271 e. The van der Waals surface area contributed by atoms with Gasteiger partial charge in [0.2, 0.25) is 0 Å². The second-order valence-electron chi connectivity index (χ2n) is 8.14. The maximum atomic E-state index is 14.7. The fourth-order valence-electron chi connectivity index (χ4n) is 4.14. The van der Waals surface area contributed by atoms with Crippen molar-refractivity contribution >= 4 is 50.1 Å². The van der Waals surface area contributed by atoms with Crippen LogP contribution in [0.3, 0.4) is 0 Å². The van der Waals surface area contributed by atoms with Crippen LogP contribution < -0.4 is 5.32 Å². The zero-order valence-electron chi connectivity index (χ0n) is 18.3. The number of aromatic nitrogens is 3. The van der Waals surface area contributed by atoms with Gasteiger partial charge in [0.05, 0.1) is 29.2 Å². The minimum atomic E-state index is -0.519. The Bertz CT molecular complexity index is 1370. The number of carbonyl (C=O) groups is 2. The van der Waals surface area contributed by atoms with E-state index >= 15 is 0 Å². The molecule has 0 saturated carbocycles. The van der Waals surface area contributed by atoms with Crippen LogP contribution in [0.25, 0.3) is 11.0 Å². The quantitative estimate of drug-likeness (QED) is 0.366. The Hall–Kier alpha value is -3.11. The van der Waals surface area contributed by atoms with Crippen molar-refractivity contribution < 1.29 is 14.0 Å². The number of thiazole rings is 1. The number of imidazole rings is 1. The number of hydrogen-bond donors (Lipinski definition) is 2. The number of hydrogen-bond acceptors (Lipinski definition) is 5. The molecule has 2 aromatic carbocycles. The predicted octanol–water partition coefficient (Wildman–Crippen LogP) is 5.14. The molecule has 1 atom stereocenters. The number of nitrogens with zero attached hydrogens (tertiary/aromatic N) is 3. The second-order valence-corrected chi connectivity index (χ2v) is 9.89. The molecule has 0 radical (unpaired) electrons.